The molecule has 0 saturated heterocycles. The van der Waals surface area contributed by atoms with E-state index in [1.54, 1.807) is 0 Å². The van der Waals surface area contributed by atoms with Gasteiger partial charge in [-0.3, -0.25) is 0 Å². The van der Waals surface area contributed by atoms with E-state index < -0.39 is 0 Å². The molecule has 0 bridgehead atoms. The minimum Gasteiger partial charge on any atom is -0.454 e. The third-order valence-corrected chi connectivity index (χ3v) is 9.79. The molecule has 0 radical (unpaired) electrons. The maximum absolute atomic E-state index is 6.86. The lowest BCUT2D eigenvalue weighted by Crippen LogP contribution is -2.11. The monoisotopic (exact) mass is 611 g/mol. The molecule has 0 N–H and O–H groups in total. The van der Waals surface area contributed by atoms with E-state index in [0.29, 0.717) is 0 Å². The molecule has 0 saturated carbocycles. The fourth-order valence-corrected chi connectivity index (χ4v) is 7.63. The van der Waals surface area contributed by atoms with Gasteiger partial charge in [-0.1, -0.05) is 146 Å². The van der Waals surface area contributed by atoms with Crippen molar-refractivity contribution < 1.29 is 4.42 Å². The van der Waals surface area contributed by atoms with Crippen molar-refractivity contribution in [1.29, 1.82) is 0 Å². The molecule has 10 rings (SSSR count). The van der Waals surface area contributed by atoms with Gasteiger partial charge in [0.1, 0.15) is 5.58 Å². The molecule has 0 spiro atoms. The van der Waals surface area contributed by atoms with Gasteiger partial charge >= 0.3 is 0 Å². The van der Waals surface area contributed by atoms with Gasteiger partial charge in [-0.2, -0.15) is 0 Å². The molecular weight excluding hydrogens is 583 g/mol. The Morgan fingerprint density at radius 2 is 0.917 bits per heavy atom. The van der Waals surface area contributed by atoms with Crippen LogP contribution in [0.25, 0.3) is 76.2 Å². The van der Waals surface area contributed by atoms with Gasteiger partial charge < -0.3 is 9.32 Å². The van der Waals surface area contributed by atoms with Crippen molar-refractivity contribution in [3.8, 4) is 11.1 Å². The van der Waals surface area contributed by atoms with Crippen molar-refractivity contribution in [2.24, 2.45) is 0 Å². The molecule has 2 nitrogen and oxygen atoms in total. The van der Waals surface area contributed by atoms with Crippen LogP contribution in [0, 0.1) is 0 Å². The quantitative estimate of drug-likeness (QED) is 0.184. The van der Waals surface area contributed by atoms with Gasteiger partial charge in [0.15, 0.2) is 5.58 Å². The van der Waals surface area contributed by atoms with Gasteiger partial charge in [0.25, 0.3) is 0 Å². The molecular formula is C46H29NO. The van der Waals surface area contributed by atoms with Crippen LogP contribution in [0.3, 0.4) is 0 Å². The minimum atomic E-state index is 0.871. The van der Waals surface area contributed by atoms with E-state index in [0.717, 1.165) is 44.6 Å². The van der Waals surface area contributed by atoms with Crippen LogP contribution >= 0.6 is 0 Å². The summed E-state index contributed by atoms with van der Waals surface area (Å²) in [5, 5.41) is 12.0. The second kappa shape index (κ2) is 10.6. The highest BCUT2D eigenvalue weighted by atomic mass is 16.3. The SMILES string of the molecule is c1ccc(-c2cccc(N(c3cccc4c3oc3ccc5ccccc5c34)c3cccc4ccc5ccc6ccccc6c5c34)c2)cc1. The van der Waals surface area contributed by atoms with Crippen molar-refractivity contribution in [1.82, 2.24) is 0 Å². The van der Waals surface area contributed by atoms with Gasteiger partial charge in [-0.25, -0.2) is 0 Å². The Morgan fingerprint density at radius 3 is 1.73 bits per heavy atom. The average molecular weight is 612 g/mol. The van der Waals surface area contributed by atoms with Gasteiger partial charge in [0.2, 0.25) is 0 Å². The third kappa shape index (κ3) is 4.06. The average Bonchev–Trinajstić information content (AvgIpc) is 3.55. The highest BCUT2D eigenvalue weighted by Crippen LogP contribution is 2.47. The van der Waals surface area contributed by atoms with Crippen molar-refractivity contribution in [3.05, 3.63) is 176 Å². The second-order valence-corrected chi connectivity index (χ2v) is 12.5. The minimum absolute atomic E-state index is 0.871. The first-order valence-corrected chi connectivity index (χ1v) is 16.4. The summed E-state index contributed by atoms with van der Waals surface area (Å²) >= 11 is 0. The lowest BCUT2D eigenvalue weighted by atomic mass is 9.94. The van der Waals surface area contributed by atoms with Crippen molar-refractivity contribution in [3.63, 3.8) is 0 Å². The van der Waals surface area contributed by atoms with Crippen LogP contribution in [0.2, 0.25) is 0 Å². The number of hydrogen-bond donors (Lipinski definition) is 0. The van der Waals surface area contributed by atoms with E-state index in [1.165, 1.54) is 48.7 Å². The number of para-hydroxylation sites is 1. The summed E-state index contributed by atoms with van der Waals surface area (Å²) in [6, 6.07) is 63.2. The summed E-state index contributed by atoms with van der Waals surface area (Å²) < 4.78 is 6.86. The van der Waals surface area contributed by atoms with Crippen LogP contribution in [0.5, 0.6) is 0 Å². The molecule has 10 aromatic rings. The lowest BCUT2D eigenvalue weighted by molar-refractivity contribution is 0.669. The summed E-state index contributed by atoms with van der Waals surface area (Å²) in [4.78, 5) is 2.41. The van der Waals surface area contributed by atoms with E-state index in [4.69, 9.17) is 4.42 Å². The summed E-state index contributed by atoms with van der Waals surface area (Å²) in [5.74, 6) is 0. The molecule has 0 aliphatic heterocycles. The standard InChI is InChI=1S/C46H29NO/c1-2-11-30(12-3-1)35-16-8-17-36(29-35)47(41-22-10-20-39-45-38-19-7-5-14-32(38)27-28-42(45)48-46(39)41)40-21-9-15-33-25-26-34-24-23-31-13-4-6-18-37(31)43(34)44(33)40/h1-29H. The third-order valence-electron chi connectivity index (χ3n) is 9.79. The Balaban J connectivity index is 1.34. The number of furan rings is 1. The molecule has 0 fully saturated rings. The van der Waals surface area contributed by atoms with Crippen LogP contribution in [0.4, 0.5) is 17.1 Å². The van der Waals surface area contributed by atoms with Crippen LogP contribution in [0.1, 0.15) is 0 Å². The zero-order chi connectivity index (χ0) is 31.6. The predicted octanol–water partition coefficient (Wildman–Crippen LogP) is 13.3. The first-order valence-electron chi connectivity index (χ1n) is 16.4. The largest absolute Gasteiger partial charge is 0.454 e. The molecule has 0 atom stereocenters. The molecule has 2 heteroatoms. The molecule has 48 heavy (non-hydrogen) atoms. The maximum Gasteiger partial charge on any atom is 0.159 e. The Kier molecular flexibility index (Phi) is 5.91. The fourth-order valence-electron chi connectivity index (χ4n) is 7.63. The number of nitrogens with zero attached hydrogens (tertiary/aromatic N) is 1. The van der Waals surface area contributed by atoms with E-state index in [1.807, 2.05) is 0 Å². The molecule has 224 valence electrons. The Hall–Kier alpha value is -6.38. The second-order valence-electron chi connectivity index (χ2n) is 12.5. The number of fused-ring (bicyclic) bond motifs is 10. The Morgan fingerprint density at radius 1 is 0.354 bits per heavy atom. The van der Waals surface area contributed by atoms with Crippen LogP contribution < -0.4 is 4.90 Å². The summed E-state index contributed by atoms with van der Waals surface area (Å²) in [5.41, 5.74) is 7.29. The number of rotatable bonds is 4. The molecule has 0 aliphatic rings. The van der Waals surface area contributed by atoms with E-state index in [2.05, 4.69) is 181 Å². The molecule has 0 unspecified atom stereocenters. The predicted molar refractivity (Wildman–Crippen MR) is 204 cm³/mol. The molecule has 1 aromatic heterocycles. The number of anilines is 3. The van der Waals surface area contributed by atoms with Crippen molar-refractivity contribution >= 4 is 82.1 Å². The van der Waals surface area contributed by atoms with Gasteiger partial charge in [0, 0.05) is 21.8 Å². The molecule has 1 heterocycles. The molecule has 9 aromatic carbocycles. The topological polar surface area (TPSA) is 16.4 Å². The smallest absolute Gasteiger partial charge is 0.159 e. The van der Waals surface area contributed by atoms with E-state index in [9.17, 15) is 0 Å². The first-order chi connectivity index (χ1) is 23.8. The van der Waals surface area contributed by atoms with Crippen LogP contribution in [0.15, 0.2) is 180 Å². The zero-order valence-electron chi connectivity index (χ0n) is 26.1. The zero-order valence-corrected chi connectivity index (χ0v) is 26.1. The van der Waals surface area contributed by atoms with Crippen molar-refractivity contribution in [2.45, 2.75) is 0 Å². The molecule has 0 aliphatic carbocycles. The first kappa shape index (κ1) is 26.8. The van der Waals surface area contributed by atoms with Crippen LogP contribution in [-0.4, -0.2) is 0 Å². The number of hydrogen-bond acceptors (Lipinski definition) is 2. The summed E-state index contributed by atoms with van der Waals surface area (Å²) in [6.45, 7) is 0. The van der Waals surface area contributed by atoms with E-state index in [-0.39, 0.29) is 0 Å². The van der Waals surface area contributed by atoms with Gasteiger partial charge in [-0.05, 0) is 79.2 Å². The summed E-state index contributed by atoms with van der Waals surface area (Å²) in [7, 11) is 0. The Bertz CT molecular complexity index is 2840. The molecule has 0 amide bonds. The maximum atomic E-state index is 6.86. The lowest BCUT2D eigenvalue weighted by Gasteiger charge is -2.28. The normalized spacial score (nSPS) is 11.8. The highest BCUT2D eigenvalue weighted by molar-refractivity contribution is 6.25. The van der Waals surface area contributed by atoms with Gasteiger partial charge in [-0.15, -0.1) is 0 Å². The van der Waals surface area contributed by atoms with Crippen LogP contribution in [-0.2, 0) is 0 Å². The van der Waals surface area contributed by atoms with E-state index >= 15 is 0 Å². The van der Waals surface area contributed by atoms with Gasteiger partial charge in [0.05, 0.1) is 11.4 Å². The number of benzene rings is 9. The summed E-state index contributed by atoms with van der Waals surface area (Å²) in [6.07, 6.45) is 0. The fraction of sp³-hybridized carbons (Fsp3) is 0. The Labute approximate surface area is 277 Å². The highest BCUT2D eigenvalue weighted by Gasteiger charge is 2.23. The van der Waals surface area contributed by atoms with Crippen molar-refractivity contribution in [2.75, 3.05) is 4.90 Å².